The Morgan fingerprint density at radius 3 is 2.20 bits per heavy atom. The molecule has 0 bridgehead atoms. The number of anilines is 1. The molecule has 214 valence electrons. The third kappa shape index (κ3) is 5.42. The zero-order chi connectivity index (χ0) is 28.6. The van der Waals surface area contributed by atoms with Gasteiger partial charge in [-0.2, -0.15) is 0 Å². The smallest absolute Gasteiger partial charge is 0.261 e. The number of piperidine rings is 1. The molecule has 4 aromatic rings. The number of halogens is 1. The summed E-state index contributed by atoms with van der Waals surface area (Å²) in [7, 11) is -2.67. The summed E-state index contributed by atoms with van der Waals surface area (Å²) < 4.78 is 13.7. The predicted molar refractivity (Wildman–Crippen MR) is 170 cm³/mol. The highest BCUT2D eigenvalue weighted by Gasteiger charge is 2.53. The van der Waals surface area contributed by atoms with Gasteiger partial charge in [-0.3, -0.25) is 4.90 Å². The molecule has 6 nitrogen and oxygen atoms in total. The quantitative estimate of drug-likeness (QED) is 0.305. The molecule has 0 spiro atoms. The summed E-state index contributed by atoms with van der Waals surface area (Å²) in [5.74, 6) is 0.659. The van der Waals surface area contributed by atoms with Crippen molar-refractivity contribution in [2.45, 2.75) is 56.7 Å². The van der Waals surface area contributed by atoms with Crippen LogP contribution in [0.25, 0.3) is 10.9 Å². The minimum Gasteiger partial charge on any atom is -0.400 e. The van der Waals surface area contributed by atoms with Gasteiger partial charge in [-0.1, -0.05) is 93.0 Å². The van der Waals surface area contributed by atoms with Gasteiger partial charge < -0.3 is 14.9 Å². The number of hydrogen-bond donors (Lipinski definition) is 1. The zero-order valence-electron chi connectivity index (χ0n) is 24.1. The first-order valence-electron chi connectivity index (χ1n) is 14.6. The number of benzene rings is 3. The largest absolute Gasteiger partial charge is 0.400 e. The average molecular weight is 587 g/mol. The summed E-state index contributed by atoms with van der Waals surface area (Å²) in [6.45, 7) is 10.3. The number of rotatable bonds is 6. The molecule has 6 rings (SSSR count). The number of nitrogens with two attached hydrogens (primary N) is 1. The molecule has 3 aromatic carbocycles. The van der Waals surface area contributed by atoms with Crippen LogP contribution in [0.5, 0.6) is 0 Å². The molecule has 2 aliphatic rings. The monoisotopic (exact) mass is 586 g/mol. The summed E-state index contributed by atoms with van der Waals surface area (Å²) in [6, 6.07) is 26.1. The normalized spacial score (nSPS) is 21.0. The highest BCUT2D eigenvalue weighted by Crippen LogP contribution is 2.40. The topological polar surface area (TPSA) is 73.5 Å². The molecule has 0 saturated carbocycles. The van der Waals surface area contributed by atoms with Crippen LogP contribution in [0.4, 0.5) is 5.95 Å². The van der Waals surface area contributed by atoms with Gasteiger partial charge in [-0.15, -0.1) is 0 Å². The van der Waals surface area contributed by atoms with Crippen molar-refractivity contribution in [1.29, 1.82) is 0 Å². The molecule has 2 aliphatic heterocycles. The lowest BCUT2D eigenvalue weighted by Crippen LogP contribution is -2.69. The summed E-state index contributed by atoms with van der Waals surface area (Å²) >= 11 is 6.76. The molecule has 2 saturated heterocycles. The van der Waals surface area contributed by atoms with E-state index in [1.54, 1.807) is 6.20 Å². The van der Waals surface area contributed by atoms with Crippen LogP contribution in [-0.2, 0) is 9.16 Å². The van der Waals surface area contributed by atoms with Gasteiger partial charge in [-0.05, 0) is 65.0 Å². The van der Waals surface area contributed by atoms with E-state index in [1.165, 1.54) is 10.4 Å². The average Bonchev–Trinajstić information content (AvgIpc) is 3.44. The lowest BCUT2D eigenvalue weighted by Gasteiger charge is -2.46. The Morgan fingerprint density at radius 2 is 1.59 bits per heavy atom. The number of nitrogen functional groups attached to an aromatic ring is 1. The first-order valence-corrected chi connectivity index (χ1v) is 16.9. The lowest BCUT2D eigenvalue weighted by atomic mass is 9.88. The molecular formula is C33H39ClN4O2Si. The fraction of sp³-hybridized carbons (Fsp3) is 0.394. The standard InChI is InChI=1S/C33H39ClN4O2Si/c1-33(2,3)41(25-10-6-4-7-11-25,26-12-8-5-9-13-26)40-31-22-39-21-30(31)38-16-14-23(15-17-38)27-19-29-24(18-28(27)34)20-36-32(35)37-29/h4-13,18-20,23,30-31H,14-17,21-22H2,1-3H3,(H2,35,36,37)/t30-,31+/m0/s1. The van der Waals surface area contributed by atoms with Gasteiger partial charge in [0.1, 0.15) is 0 Å². The number of nitrogens with zero attached hydrogens (tertiary/aromatic N) is 3. The third-order valence-corrected chi connectivity index (χ3v) is 14.3. The fourth-order valence-corrected chi connectivity index (χ4v) is 11.9. The Kier molecular flexibility index (Phi) is 7.91. The number of ether oxygens (including phenoxy) is 1. The van der Waals surface area contributed by atoms with Crippen LogP contribution in [0.3, 0.4) is 0 Å². The van der Waals surface area contributed by atoms with Crippen molar-refractivity contribution in [1.82, 2.24) is 14.9 Å². The van der Waals surface area contributed by atoms with Crippen molar-refractivity contribution >= 4 is 47.1 Å². The minimum absolute atomic E-state index is 0.00165. The summed E-state index contributed by atoms with van der Waals surface area (Å²) in [6.07, 6.45) is 3.78. The second-order valence-electron chi connectivity index (χ2n) is 12.4. The molecule has 0 amide bonds. The highest BCUT2D eigenvalue weighted by atomic mass is 35.5. The maximum Gasteiger partial charge on any atom is 0.261 e. The van der Waals surface area contributed by atoms with Crippen molar-refractivity contribution < 1.29 is 9.16 Å². The first-order chi connectivity index (χ1) is 19.8. The second kappa shape index (κ2) is 11.5. The van der Waals surface area contributed by atoms with E-state index < -0.39 is 8.32 Å². The van der Waals surface area contributed by atoms with Gasteiger partial charge in [-0.25, -0.2) is 9.97 Å². The number of likely N-dealkylation sites (tertiary alicyclic amines) is 1. The van der Waals surface area contributed by atoms with Gasteiger partial charge in [0, 0.05) is 16.6 Å². The van der Waals surface area contributed by atoms with Gasteiger partial charge in [0.25, 0.3) is 8.32 Å². The second-order valence-corrected chi connectivity index (χ2v) is 17.1. The van der Waals surface area contributed by atoms with Gasteiger partial charge >= 0.3 is 0 Å². The van der Waals surface area contributed by atoms with Crippen LogP contribution in [0.1, 0.15) is 45.1 Å². The van der Waals surface area contributed by atoms with E-state index >= 15 is 0 Å². The number of aromatic nitrogens is 2. The molecule has 8 heteroatoms. The van der Waals surface area contributed by atoms with E-state index in [1.807, 2.05) is 6.07 Å². The molecule has 2 N–H and O–H groups in total. The Hall–Kier alpha value is -2.81. The van der Waals surface area contributed by atoms with Crippen LogP contribution in [-0.4, -0.2) is 61.6 Å². The minimum atomic E-state index is -2.67. The van der Waals surface area contributed by atoms with Gasteiger partial charge in [0.2, 0.25) is 5.95 Å². The zero-order valence-corrected chi connectivity index (χ0v) is 25.8. The van der Waals surface area contributed by atoms with Gasteiger partial charge in [0.05, 0.1) is 30.9 Å². The van der Waals surface area contributed by atoms with E-state index in [9.17, 15) is 0 Å². The van der Waals surface area contributed by atoms with Crippen molar-refractivity contribution in [3.8, 4) is 0 Å². The van der Waals surface area contributed by atoms with Crippen molar-refractivity contribution in [3.63, 3.8) is 0 Å². The van der Waals surface area contributed by atoms with Crippen molar-refractivity contribution in [2.24, 2.45) is 0 Å². The number of hydrogen-bond acceptors (Lipinski definition) is 6. The highest BCUT2D eigenvalue weighted by molar-refractivity contribution is 6.99. The Labute approximate surface area is 249 Å². The van der Waals surface area contributed by atoms with Crippen LogP contribution < -0.4 is 16.1 Å². The molecule has 2 atom stereocenters. The molecule has 3 heterocycles. The van der Waals surface area contributed by atoms with Crippen molar-refractivity contribution in [3.05, 3.63) is 89.6 Å². The maximum atomic E-state index is 7.52. The molecule has 0 radical (unpaired) electrons. The SMILES string of the molecule is CC(C)(C)[Si](O[C@@H]1COC[C@@H]1N1CCC(c2cc3nc(N)ncc3cc2Cl)CC1)(c1ccccc1)c1ccccc1. The van der Waals surface area contributed by atoms with E-state index in [0.29, 0.717) is 19.1 Å². The molecule has 0 unspecified atom stereocenters. The van der Waals surface area contributed by atoms with E-state index in [2.05, 4.69) is 102 Å². The predicted octanol–water partition coefficient (Wildman–Crippen LogP) is 5.39. The first kappa shape index (κ1) is 28.3. The van der Waals surface area contributed by atoms with Crippen LogP contribution >= 0.6 is 11.6 Å². The summed E-state index contributed by atoms with van der Waals surface area (Å²) in [5, 5.41) is 4.23. The number of fused-ring (bicyclic) bond motifs is 1. The Balaban J connectivity index is 1.25. The molecule has 2 fully saturated rings. The van der Waals surface area contributed by atoms with Crippen LogP contribution in [0, 0.1) is 0 Å². The van der Waals surface area contributed by atoms with Crippen LogP contribution in [0.15, 0.2) is 79.0 Å². The lowest BCUT2D eigenvalue weighted by molar-refractivity contribution is 0.0747. The molecule has 1 aromatic heterocycles. The summed E-state index contributed by atoms with van der Waals surface area (Å²) in [5.41, 5.74) is 7.86. The molecular weight excluding hydrogens is 548 g/mol. The van der Waals surface area contributed by atoms with E-state index in [-0.39, 0.29) is 23.1 Å². The third-order valence-electron chi connectivity index (χ3n) is 8.90. The summed E-state index contributed by atoms with van der Waals surface area (Å²) in [4.78, 5) is 11.1. The van der Waals surface area contributed by atoms with Gasteiger partial charge in [0.15, 0.2) is 0 Å². The fourth-order valence-electron chi connectivity index (χ4n) is 6.83. The van der Waals surface area contributed by atoms with Crippen LogP contribution in [0.2, 0.25) is 10.1 Å². The van der Waals surface area contributed by atoms with Crippen molar-refractivity contribution in [2.75, 3.05) is 32.0 Å². The Morgan fingerprint density at radius 1 is 0.951 bits per heavy atom. The maximum absolute atomic E-state index is 7.52. The van der Waals surface area contributed by atoms with E-state index in [0.717, 1.165) is 47.4 Å². The Bertz CT molecular complexity index is 1450. The molecule has 0 aliphatic carbocycles. The van der Waals surface area contributed by atoms with E-state index in [4.69, 9.17) is 26.5 Å². The molecule has 41 heavy (non-hydrogen) atoms.